The van der Waals surface area contributed by atoms with Crippen LogP contribution in [0.3, 0.4) is 0 Å². The molecule has 0 aliphatic heterocycles. The Balaban J connectivity index is 2.10. The zero-order chi connectivity index (χ0) is 15.5. The number of pyridine rings is 1. The lowest BCUT2D eigenvalue weighted by molar-refractivity contribution is 0.322. The van der Waals surface area contributed by atoms with Gasteiger partial charge in [0.2, 0.25) is 0 Å². The minimum absolute atomic E-state index is 0.467. The average molecular weight is 301 g/mol. The van der Waals surface area contributed by atoms with E-state index in [1.807, 2.05) is 17.8 Å². The number of nitrogens with one attached hydrogen (secondary N) is 1. The lowest BCUT2D eigenvalue weighted by atomic mass is 9.95. The highest BCUT2D eigenvalue weighted by Gasteiger charge is 2.19. The highest BCUT2D eigenvalue weighted by atomic mass is 16.4. The second kappa shape index (κ2) is 6.34. The lowest BCUT2D eigenvalue weighted by Gasteiger charge is -2.25. The number of anilines is 1. The molecule has 0 atom stereocenters. The Labute approximate surface area is 130 Å². The van der Waals surface area contributed by atoms with E-state index in [-0.39, 0.29) is 0 Å². The third-order valence-electron chi connectivity index (χ3n) is 4.45. The lowest BCUT2D eigenvalue weighted by Crippen LogP contribution is -2.23. The van der Waals surface area contributed by atoms with Crippen LogP contribution in [0.5, 0.6) is 0 Å². The molecule has 6 nitrogen and oxygen atoms in total. The number of aryl methyl sites for hydroxylation is 2. The molecule has 0 bridgehead atoms. The van der Waals surface area contributed by atoms with Gasteiger partial charge in [-0.2, -0.15) is 5.10 Å². The molecule has 0 saturated heterocycles. The van der Waals surface area contributed by atoms with Gasteiger partial charge in [-0.05, 0) is 26.7 Å². The predicted molar refractivity (Wildman–Crippen MR) is 87.8 cm³/mol. The summed E-state index contributed by atoms with van der Waals surface area (Å²) in [6.45, 7) is 4.78. The molecule has 1 aliphatic rings. The molecule has 0 amide bonds. The maximum atomic E-state index is 8.99. The third kappa shape index (κ3) is 2.65. The fourth-order valence-electron chi connectivity index (χ4n) is 3.27. The standard InChI is InChI=1S/C16H23N5O/c1-3-21-16-14(9-17-21)15(13(10-18-22)11(2)19-16)20-12-7-5-4-6-8-12/h9-10,12,22H,3-8H2,1-2H3,(H,19,20). The summed E-state index contributed by atoms with van der Waals surface area (Å²) < 4.78 is 1.90. The molecule has 6 heteroatoms. The van der Waals surface area contributed by atoms with Crippen molar-refractivity contribution in [1.82, 2.24) is 14.8 Å². The Morgan fingerprint density at radius 2 is 2.18 bits per heavy atom. The second-order valence-electron chi connectivity index (χ2n) is 5.91. The van der Waals surface area contributed by atoms with Crippen molar-refractivity contribution in [2.75, 3.05) is 5.32 Å². The van der Waals surface area contributed by atoms with Crippen molar-refractivity contribution in [2.24, 2.45) is 5.16 Å². The van der Waals surface area contributed by atoms with Crippen molar-refractivity contribution in [1.29, 1.82) is 0 Å². The number of rotatable bonds is 4. The monoisotopic (exact) mass is 301 g/mol. The maximum Gasteiger partial charge on any atom is 0.160 e. The Kier molecular flexibility index (Phi) is 4.27. The zero-order valence-electron chi connectivity index (χ0n) is 13.2. The van der Waals surface area contributed by atoms with Crippen LogP contribution in [-0.2, 0) is 6.54 Å². The minimum atomic E-state index is 0.467. The molecule has 1 aliphatic carbocycles. The molecule has 0 unspecified atom stereocenters. The normalized spacial score (nSPS) is 16.6. The summed E-state index contributed by atoms with van der Waals surface area (Å²) in [5.41, 5.74) is 3.57. The molecule has 0 radical (unpaired) electrons. The molecule has 0 aromatic carbocycles. The van der Waals surface area contributed by atoms with Crippen molar-refractivity contribution < 1.29 is 5.21 Å². The summed E-state index contributed by atoms with van der Waals surface area (Å²) in [7, 11) is 0. The first-order chi connectivity index (χ1) is 10.7. The molecule has 2 heterocycles. The molecule has 2 aromatic heterocycles. The predicted octanol–water partition coefficient (Wildman–Crippen LogP) is 3.31. The third-order valence-corrected chi connectivity index (χ3v) is 4.45. The molecule has 118 valence electrons. The van der Waals surface area contributed by atoms with Crippen LogP contribution >= 0.6 is 0 Å². The molecular formula is C16H23N5O. The minimum Gasteiger partial charge on any atom is -0.411 e. The maximum absolute atomic E-state index is 8.99. The van der Waals surface area contributed by atoms with Gasteiger partial charge in [-0.3, -0.25) is 0 Å². The van der Waals surface area contributed by atoms with Gasteiger partial charge in [0.05, 0.1) is 29.2 Å². The molecule has 3 rings (SSSR count). The van der Waals surface area contributed by atoms with Crippen molar-refractivity contribution in [2.45, 2.75) is 58.5 Å². The van der Waals surface area contributed by atoms with Gasteiger partial charge < -0.3 is 10.5 Å². The van der Waals surface area contributed by atoms with Gasteiger partial charge in [-0.1, -0.05) is 24.4 Å². The highest BCUT2D eigenvalue weighted by Crippen LogP contribution is 2.30. The van der Waals surface area contributed by atoms with E-state index in [1.165, 1.54) is 38.3 Å². The highest BCUT2D eigenvalue weighted by molar-refractivity contribution is 6.01. The summed E-state index contributed by atoms with van der Waals surface area (Å²) in [6.07, 6.45) is 9.54. The van der Waals surface area contributed by atoms with Crippen LogP contribution in [-0.4, -0.2) is 32.2 Å². The SMILES string of the molecule is CCn1ncc2c(NC3CCCCC3)c(C=NO)c(C)nc21. The van der Waals surface area contributed by atoms with Crippen LogP contribution in [0.1, 0.15) is 50.3 Å². The first-order valence-corrected chi connectivity index (χ1v) is 8.04. The van der Waals surface area contributed by atoms with Gasteiger partial charge in [0.25, 0.3) is 0 Å². The van der Waals surface area contributed by atoms with Crippen LogP contribution in [0.4, 0.5) is 5.69 Å². The summed E-state index contributed by atoms with van der Waals surface area (Å²) in [5, 5.41) is 21.3. The number of aromatic nitrogens is 3. The number of hydrogen-bond acceptors (Lipinski definition) is 5. The average Bonchev–Trinajstić information content (AvgIpc) is 2.94. The molecule has 2 N–H and O–H groups in total. The number of fused-ring (bicyclic) bond motifs is 1. The van der Waals surface area contributed by atoms with Gasteiger partial charge in [-0.15, -0.1) is 0 Å². The van der Waals surface area contributed by atoms with Gasteiger partial charge in [0.15, 0.2) is 5.65 Å². The van der Waals surface area contributed by atoms with Crippen LogP contribution in [0, 0.1) is 6.92 Å². The van der Waals surface area contributed by atoms with E-state index in [4.69, 9.17) is 5.21 Å². The largest absolute Gasteiger partial charge is 0.411 e. The Morgan fingerprint density at radius 3 is 2.86 bits per heavy atom. The fraction of sp³-hybridized carbons (Fsp3) is 0.562. The van der Waals surface area contributed by atoms with Crippen LogP contribution < -0.4 is 5.32 Å². The molecule has 22 heavy (non-hydrogen) atoms. The zero-order valence-corrected chi connectivity index (χ0v) is 13.2. The summed E-state index contributed by atoms with van der Waals surface area (Å²) in [5.74, 6) is 0. The van der Waals surface area contributed by atoms with Gasteiger partial charge in [-0.25, -0.2) is 9.67 Å². The van der Waals surface area contributed by atoms with E-state index in [0.29, 0.717) is 6.04 Å². The molecular weight excluding hydrogens is 278 g/mol. The van der Waals surface area contributed by atoms with Gasteiger partial charge in [0, 0.05) is 18.2 Å². The van der Waals surface area contributed by atoms with Gasteiger partial charge in [0.1, 0.15) is 0 Å². The smallest absolute Gasteiger partial charge is 0.160 e. The van der Waals surface area contributed by atoms with E-state index >= 15 is 0 Å². The first kappa shape index (κ1) is 14.8. The topological polar surface area (TPSA) is 75.3 Å². The van der Waals surface area contributed by atoms with E-state index < -0.39 is 0 Å². The van der Waals surface area contributed by atoms with Crippen molar-refractivity contribution >= 4 is 22.9 Å². The summed E-state index contributed by atoms with van der Waals surface area (Å²) in [4.78, 5) is 4.64. The van der Waals surface area contributed by atoms with E-state index in [9.17, 15) is 0 Å². The van der Waals surface area contributed by atoms with E-state index in [0.717, 1.165) is 34.5 Å². The Bertz CT molecular complexity index is 685. The van der Waals surface area contributed by atoms with Crippen LogP contribution in [0.25, 0.3) is 11.0 Å². The van der Waals surface area contributed by atoms with E-state index in [2.05, 4.69) is 27.5 Å². The first-order valence-electron chi connectivity index (χ1n) is 8.04. The molecule has 1 fully saturated rings. The van der Waals surface area contributed by atoms with Crippen molar-refractivity contribution in [3.05, 3.63) is 17.5 Å². The van der Waals surface area contributed by atoms with Crippen molar-refractivity contribution in [3.8, 4) is 0 Å². The quantitative estimate of drug-likeness (QED) is 0.516. The van der Waals surface area contributed by atoms with Crippen LogP contribution in [0.2, 0.25) is 0 Å². The molecule has 2 aromatic rings. The summed E-state index contributed by atoms with van der Waals surface area (Å²) in [6, 6.07) is 0.467. The van der Waals surface area contributed by atoms with Gasteiger partial charge >= 0.3 is 0 Å². The second-order valence-corrected chi connectivity index (χ2v) is 5.91. The molecule has 1 saturated carbocycles. The van der Waals surface area contributed by atoms with Crippen molar-refractivity contribution in [3.63, 3.8) is 0 Å². The fourth-order valence-corrected chi connectivity index (χ4v) is 3.27. The summed E-state index contributed by atoms with van der Waals surface area (Å²) >= 11 is 0. The Hall–Kier alpha value is -2.11. The molecule has 0 spiro atoms. The van der Waals surface area contributed by atoms with Crippen LogP contribution in [0.15, 0.2) is 11.4 Å². The Morgan fingerprint density at radius 1 is 1.41 bits per heavy atom. The number of oxime groups is 1. The number of hydrogen-bond donors (Lipinski definition) is 2. The van der Waals surface area contributed by atoms with E-state index in [1.54, 1.807) is 0 Å². The number of nitrogens with zero attached hydrogens (tertiary/aromatic N) is 4.